The van der Waals surface area contributed by atoms with Crippen LogP contribution in [0.25, 0.3) is 0 Å². The molecule has 0 aliphatic heterocycles. The van der Waals surface area contributed by atoms with Crippen molar-refractivity contribution in [3.05, 3.63) is 11.5 Å². The van der Waals surface area contributed by atoms with E-state index in [4.69, 9.17) is 5.73 Å². The minimum absolute atomic E-state index is 0.150. The Kier molecular flexibility index (Phi) is 3.39. The third-order valence-electron chi connectivity index (χ3n) is 0.779. The Bertz CT molecular complexity index is 133. The van der Waals surface area contributed by atoms with E-state index in [0.717, 1.165) is 4.91 Å². The van der Waals surface area contributed by atoms with Crippen LogP contribution in [0, 0.1) is 0 Å². The number of nitrogens with two attached hydrogens (primary N) is 1. The van der Waals surface area contributed by atoms with E-state index >= 15 is 0 Å². The van der Waals surface area contributed by atoms with Crippen molar-refractivity contribution >= 4 is 17.7 Å². The molecule has 52 valence electrons. The van der Waals surface area contributed by atoms with Gasteiger partial charge in [0.1, 0.15) is 0 Å². The van der Waals surface area contributed by atoms with Crippen molar-refractivity contribution in [2.75, 3.05) is 0 Å². The zero-order valence-electron chi connectivity index (χ0n) is 5.68. The number of primary amides is 1. The van der Waals surface area contributed by atoms with Gasteiger partial charge in [0.25, 0.3) is 0 Å². The van der Waals surface area contributed by atoms with Gasteiger partial charge in [-0.05, 0) is 18.8 Å². The van der Waals surface area contributed by atoms with Crippen molar-refractivity contribution in [1.29, 1.82) is 0 Å². The lowest BCUT2D eigenvalue weighted by Gasteiger charge is -2.03. The van der Waals surface area contributed by atoms with Gasteiger partial charge in [-0.3, -0.25) is 4.79 Å². The number of hydrogen-bond donors (Lipinski definition) is 1. The van der Waals surface area contributed by atoms with E-state index in [9.17, 15) is 4.79 Å². The van der Waals surface area contributed by atoms with E-state index in [2.05, 4.69) is 6.58 Å². The lowest BCUT2D eigenvalue weighted by atomic mass is 10.5. The second-order valence-electron chi connectivity index (χ2n) is 1.86. The van der Waals surface area contributed by atoms with Gasteiger partial charge < -0.3 is 5.73 Å². The van der Waals surface area contributed by atoms with Crippen molar-refractivity contribution in [2.24, 2.45) is 5.73 Å². The second kappa shape index (κ2) is 3.56. The molecular weight excluding hydrogens is 134 g/mol. The fraction of sp³-hybridized carbons (Fsp3) is 0.500. The van der Waals surface area contributed by atoms with E-state index in [0.29, 0.717) is 0 Å². The fourth-order valence-corrected chi connectivity index (χ4v) is 1.08. The molecule has 0 saturated carbocycles. The molecule has 9 heavy (non-hydrogen) atoms. The number of allylic oxidation sites excluding steroid dienone is 1. The average molecular weight is 145 g/mol. The third kappa shape index (κ3) is 4.09. The molecular formula is C6H11NOS. The van der Waals surface area contributed by atoms with Crippen molar-refractivity contribution in [2.45, 2.75) is 19.1 Å². The first-order valence-corrected chi connectivity index (χ1v) is 3.53. The summed E-state index contributed by atoms with van der Waals surface area (Å²) < 4.78 is 0. The van der Waals surface area contributed by atoms with Crippen LogP contribution in [0.4, 0.5) is 0 Å². The van der Waals surface area contributed by atoms with Crippen LogP contribution in [0.2, 0.25) is 0 Å². The van der Waals surface area contributed by atoms with Crippen molar-refractivity contribution in [3.8, 4) is 0 Å². The molecule has 1 atom stereocenters. The fourth-order valence-electron chi connectivity index (χ4n) is 0.360. The molecule has 1 unspecified atom stereocenters. The molecule has 0 spiro atoms. The number of thioether (sulfide) groups is 1. The summed E-state index contributed by atoms with van der Waals surface area (Å²) in [6.45, 7) is 7.25. The van der Waals surface area contributed by atoms with Crippen LogP contribution >= 0.6 is 11.8 Å². The summed E-state index contributed by atoms with van der Waals surface area (Å²) in [6, 6.07) is 0. The average Bonchev–Trinajstić information content (AvgIpc) is 1.63. The van der Waals surface area contributed by atoms with Crippen molar-refractivity contribution in [3.63, 3.8) is 0 Å². The molecule has 1 amide bonds. The summed E-state index contributed by atoms with van der Waals surface area (Å²) in [6.07, 6.45) is 0. The van der Waals surface area contributed by atoms with Crippen LogP contribution in [0.5, 0.6) is 0 Å². The highest BCUT2D eigenvalue weighted by Crippen LogP contribution is 2.17. The Morgan fingerprint density at radius 2 is 2.22 bits per heavy atom. The summed E-state index contributed by atoms with van der Waals surface area (Å²) in [4.78, 5) is 11.3. The van der Waals surface area contributed by atoms with E-state index in [1.165, 1.54) is 11.8 Å². The predicted molar refractivity (Wildman–Crippen MR) is 41.1 cm³/mol. The Hall–Kier alpha value is -0.440. The van der Waals surface area contributed by atoms with E-state index < -0.39 is 0 Å². The molecule has 0 aromatic carbocycles. The maximum Gasteiger partial charge on any atom is 0.230 e. The zero-order chi connectivity index (χ0) is 7.44. The van der Waals surface area contributed by atoms with E-state index in [1.807, 2.05) is 6.92 Å². The Morgan fingerprint density at radius 3 is 2.33 bits per heavy atom. The van der Waals surface area contributed by atoms with Gasteiger partial charge in [-0.15, -0.1) is 11.8 Å². The highest BCUT2D eigenvalue weighted by Gasteiger charge is 2.07. The van der Waals surface area contributed by atoms with Crippen LogP contribution in [-0.2, 0) is 4.79 Å². The Labute approximate surface area is 59.5 Å². The van der Waals surface area contributed by atoms with Crippen LogP contribution in [-0.4, -0.2) is 11.2 Å². The summed E-state index contributed by atoms with van der Waals surface area (Å²) >= 11 is 1.39. The van der Waals surface area contributed by atoms with E-state index in [1.54, 1.807) is 6.92 Å². The normalized spacial score (nSPS) is 12.7. The monoisotopic (exact) mass is 145 g/mol. The molecule has 0 aliphatic carbocycles. The van der Waals surface area contributed by atoms with Gasteiger partial charge >= 0.3 is 0 Å². The van der Waals surface area contributed by atoms with Crippen LogP contribution in [0.1, 0.15) is 13.8 Å². The zero-order valence-corrected chi connectivity index (χ0v) is 6.49. The maximum absolute atomic E-state index is 10.4. The summed E-state index contributed by atoms with van der Waals surface area (Å²) in [7, 11) is 0. The highest BCUT2D eigenvalue weighted by atomic mass is 32.2. The number of carbonyl (C=O) groups is 1. The number of rotatable bonds is 3. The number of carbonyl (C=O) groups excluding carboxylic acids is 1. The molecule has 0 aromatic rings. The lowest BCUT2D eigenvalue weighted by Crippen LogP contribution is -2.22. The SMILES string of the molecule is C=C(C)SC(C)C(N)=O. The second-order valence-corrected chi connectivity index (χ2v) is 3.50. The highest BCUT2D eigenvalue weighted by molar-refractivity contribution is 8.04. The molecule has 0 saturated heterocycles. The first kappa shape index (κ1) is 8.56. The maximum atomic E-state index is 10.4. The van der Waals surface area contributed by atoms with Gasteiger partial charge in [0.2, 0.25) is 5.91 Å². The molecule has 0 rings (SSSR count). The molecule has 0 radical (unpaired) electrons. The van der Waals surface area contributed by atoms with Gasteiger partial charge in [0, 0.05) is 0 Å². The molecule has 2 nitrogen and oxygen atoms in total. The smallest absolute Gasteiger partial charge is 0.230 e. The first-order valence-electron chi connectivity index (χ1n) is 2.65. The minimum Gasteiger partial charge on any atom is -0.369 e. The van der Waals surface area contributed by atoms with Gasteiger partial charge in [-0.2, -0.15) is 0 Å². The van der Waals surface area contributed by atoms with Gasteiger partial charge in [-0.25, -0.2) is 0 Å². The number of amides is 1. The summed E-state index contributed by atoms with van der Waals surface area (Å²) in [5.74, 6) is -0.289. The largest absolute Gasteiger partial charge is 0.369 e. The molecule has 0 aliphatic rings. The molecule has 0 heterocycles. The lowest BCUT2D eigenvalue weighted by molar-refractivity contribution is -0.117. The Balaban J connectivity index is 3.63. The summed E-state index contributed by atoms with van der Waals surface area (Å²) in [5.41, 5.74) is 4.98. The molecule has 0 aromatic heterocycles. The molecule has 0 bridgehead atoms. The molecule has 2 N–H and O–H groups in total. The van der Waals surface area contributed by atoms with Gasteiger partial charge in [-0.1, -0.05) is 6.58 Å². The van der Waals surface area contributed by atoms with Crippen molar-refractivity contribution < 1.29 is 4.79 Å². The van der Waals surface area contributed by atoms with Crippen LogP contribution in [0.3, 0.4) is 0 Å². The first-order chi connectivity index (χ1) is 4.04. The van der Waals surface area contributed by atoms with Crippen LogP contribution < -0.4 is 5.73 Å². The quantitative estimate of drug-likeness (QED) is 0.646. The topological polar surface area (TPSA) is 43.1 Å². The summed E-state index contributed by atoms with van der Waals surface area (Å²) in [5, 5.41) is -0.150. The standard InChI is InChI=1S/C6H11NOS/c1-4(2)9-5(3)6(7)8/h5H,1H2,2-3H3,(H2,7,8). The third-order valence-corrected chi connectivity index (χ3v) is 1.77. The van der Waals surface area contributed by atoms with Crippen molar-refractivity contribution in [1.82, 2.24) is 0 Å². The molecule has 3 heteroatoms. The Morgan fingerprint density at radius 1 is 1.78 bits per heavy atom. The van der Waals surface area contributed by atoms with Gasteiger partial charge in [0.05, 0.1) is 5.25 Å². The van der Waals surface area contributed by atoms with E-state index in [-0.39, 0.29) is 11.2 Å². The van der Waals surface area contributed by atoms with Crippen LogP contribution in [0.15, 0.2) is 11.5 Å². The number of hydrogen-bond acceptors (Lipinski definition) is 2. The van der Waals surface area contributed by atoms with Gasteiger partial charge in [0.15, 0.2) is 0 Å². The minimum atomic E-state index is -0.289. The molecule has 0 fully saturated rings. The predicted octanol–water partition coefficient (Wildman–Crippen LogP) is 1.13.